The third-order valence-corrected chi connectivity index (χ3v) is 2.92. The summed E-state index contributed by atoms with van der Waals surface area (Å²) in [7, 11) is 0. The van der Waals surface area contributed by atoms with Gasteiger partial charge in [0, 0.05) is 19.2 Å². The SMILES string of the molecule is CC(C)(C)OC(=O)N1CCCC(/C=C/C(=O)OCCl)C1. The lowest BCUT2D eigenvalue weighted by Crippen LogP contribution is -2.42. The molecule has 0 aromatic heterocycles. The highest BCUT2D eigenvalue weighted by atomic mass is 35.5. The second-order valence-electron chi connectivity index (χ2n) is 5.76. The van der Waals surface area contributed by atoms with Crippen LogP contribution in [0.25, 0.3) is 0 Å². The molecule has 1 rings (SSSR count). The van der Waals surface area contributed by atoms with Crippen LogP contribution in [0.5, 0.6) is 0 Å². The van der Waals surface area contributed by atoms with Crippen LogP contribution in [-0.2, 0) is 14.3 Å². The van der Waals surface area contributed by atoms with E-state index < -0.39 is 11.6 Å². The predicted molar refractivity (Wildman–Crippen MR) is 76.5 cm³/mol. The van der Waals surface area contributed by atoms with Gasteiger partial charge in [0.2, 0.25) is 0 Å². The first-order chi connectivity index (χ1) is 9.31. The molecule has 0 aromatic rings. The van der Waals surface area contributed by atoms with Gasteiger partial charge < -0.3 is 14.4 Å². The molecule has 0 N–H and O–H groups in total. The molecular formula is C14H22ClNO4. The maximum absolute atomic E-state index is 12.0. The van der Waals surface area contributed by atoms with Crippen LogP contribution in [0.4, 0.5) is 4.79 Å². The van der Waals surface area contributed by atoms with Crippen LogP contribution in [0, 0.1) is 5.92 Å². The summed E-state index contributed by atoms with van der Waals surface area (Å²) in [5, 5.41) is 0. The molecule has 5 nitrogen and oxygen atoms in total. The number of carbonyl (C=O) groups is 2. The summed E-state index contributed by atoms with van der Waals surface area (Å²) < 4.78 is 9.95. The molecular weight excluding hydrogens is 282 g/mol. The topological polar surface area (TPSA) is 55.8 Å². The van der Waals surface area contributed by atoms with E-state index in [0.717, 1.165) is 12.8 Å². The molecule has 0 saturated carbocycles. The van der Waals surface area contributed by atoms with Crippen molar-refractivity contribution in [2.45, 2.75) is 39.2 Å². The normalized spacial score (nSPS) is 20.0. The molecule has 1 unspecified atom stereocenters. The number of ether oxygens (including phenoxy) is 2. The zero-order valence-electron chi connectivity index (χ0n) is 12.2. The van der Waals surface area contributed by atoms with Gasteiger partial charge in [0.25, 0.3) is 0 Å². The van der Waals surface area contributed by atoms with Crippen molar-refractivity contribution in [2.75, 3.05) is 19.2 Å². The smallest absolute Gasteiger partial charge is 0.410 e. The van der Waals surface area contributed by atoms with Gasteiger partial charge in [-0.3, -0.25) is 0 Å². The Labute approximate surface area is 124 Å². The summed E-state index contributed by atoms with van der Waals surface area (Å²) in [4.78, 5) is 24.8. The minimum atomic E-state index is -0.496. The van der Waals surface area contributed by atoms with Crippen LogP contribution < -0.4 is 0 Å². The van der Waals surface area contributed by atoms with E-state index in [4.69, 9.17) is 16.3 Å². The van der Waals surface area contributed by atoms with Gasteiger partial charge in [0.1, 0.15) is 5.60 Å². The largest absolute Gasteiger partial charge is 0.446 e. The van der Waals surface area contributed by atoms with E-state index in [9.17, 15) is 9.59 Å². The highest BCUT2D eigenvalue weighted by molar-refractivity contribution is 6.17. The van der Waals surface area contributed by atoms with E-state index in [2.05, 4.69) is 4.74 Å². The zero-order chi connectivity index (χ0) is 15.2. The lowest BCUT2D eigenvalue weighted by atomic mass is 9.98. The lowest BCUT2D eigenvalue weighted by molar-refractivity contribution is -0.135. The van der Waals surface area contributed by atoms with Crippen molar-refractivity contribution < 1.29 is 19.1 Å². The van der Waals surface area contributed by atoms with Crippen molar-refractivity contribution in [3.63, 3.8) is 0 Å². The van der Waals surface area contributed by atoms with Crippen LogP contribution in [0.2, 0.25) is 0 Å². The Bertz CT molecular complexity index is 376. The van der Waals surface area contributed by atoms with Crippen LogP contribution in [0.1, 0.15) is 33.6 Å². The first-order valence-corrected chi connectivity index (χ1v) is 7.24. The molecule has 0 aliphatic carbocycles. The van der Waals surface area contributed by atoms with Crippen LogP contribution in [-0.4, -0.2) is 41.7 Å². The average Bonchev–Trinajstić information content (AvgIpc) is 2.35. The summed E-state index contributed by atoms with van der Waals surface area (Å²) >= 11 is 5.30. The molecule has 1 aliphatic rings. The molecule has 1 atom stereocenters. The Morgan fingerprint density at radius 2 is 2.10 bits per heavy atom. The van der Waals surface area contributed by atoms with Gasteiger partial charge in [0.05, 0.1) is 0 Å². The lowest BCUT2D eigenvalue weighted by Gasteiger charge is -2.33. The highest BCUT2D eigenvalue weighted by Gasteiger charge is 2.26. The Morgan fingerprint density at radius 1 is 1.40 bits per heavy atom. The molecule has 1 fully saturated rings. The van der Waals surface area contributed by atoms with E-state index in [-0.39, 0.29) is 18.1 Å². The Morgan fingerprint density at radius 3 is 2.70 bits per heavy atom. The number of rotatable bonds is 3. The van der Waals surface area contributed by atoms with Crippen molar-refractivity contribution >= 4 is 23.7 Å². The van der Waals surface area contributed by atoms with Gasteiger partial charge in [-0.15, -0.1) is 0 Å². The molecule has 20 heavy (non-hydrogen) atoms. The molecule has 1 aliphatic heterocycles. The van der Waals surface area contributed by atoms with Crippen molar-refractivity contribution in [2.24, 2.45) is 5.92 Å². The van der Waals surface area contributed by atoms with Gasteiger partial charge >= 0.3 is 12.1 Å². The number of halogens is 1. The highest BCUT2D eigenvalue weighted by Crippen LogP contribution is 2.20. The number of amides is 1. The zero-order valence-corrected chi connectivity index (χ0v) is 13.0. The average molecular weight is 304 g/mol. The second kappa shape index (κ2) is 7.53. The number of nitrogens with zero attached hydrogens (tertiary/aromatic N) is 1. The third-order valence-electron chi connectivity index (χ3n) is 2.81. The van der Waals surface area contributed by atoms with E-state index >= 15 is 0 Å². The van der Waals surface area contributed by atoms with Gasteiger partial charge in [-0.25, -0.2) is 9.59 Å². The molecule has 0 aromatic carbocycles. The molecule has 0 spiro atoms. The molecule has 1 amide bonds. The monoisotopic (exact) mass is 303 g/mol. The molecule has 0 radical (unpaired) electrons. The first-order valence-electron chi connectivity index (χ1n) is 6.70. The third kappa shape index (κ3) is 6.28. The summed E-state index contributed by atoms with van der Waals surface area (Å²) in [6, 6.07) is -0.155. The Balaban J connectivity index is 2.50. The van der Waals surface area contributed by atoms with E-state index in [1.165, 1.54) is 6.08 Å². The van der Waals surface area contributed by atoms with E-state index in [1.807, 2.05) is 20.8 Å². The number of carbonyl (C=O) groups excluding carboxylic acids is 2. The van der Waals surface area contributed by atoms with Crippen molar-refractivity contribution in [3.8, 4) is 0 Å². The van der Waals surface area contributed by atoms with Crippen LogP contribution in [0.15, 0.2) is 12.2 Å². The molecule has 114 valence electrons. The summed E-state index contributed by atoms with van der Waals surface area (Å²) in [5.74, 6) is -0.325. The summed E-state index contributed by atoms with van der Waals surface area (Å²) in [6.07, 6.45) is 4.65. The minimum absolute atomic E-state index is 0.138. The van der Waals surface area contributed by atoms with Crippen molar-refractivity contribution in [1.29, 1.82) is 0 Å². The number of alkyl halides is 1. The minimum Gasteiger partial charge on any atom is -0.446 e. The van der Waals surface area contributed by atoms with Crippen molar-refractivity contribution in [1.82, 2.24) is 4.90 Å². The fraction of sp³-hybridized carbons (Fsp3) is 0.714. The van der Waals surface area contributed by atoms with Gasteiger partial charge in [-0.05, 0) is 39.5 Å². The van der Waals surface area contributed by atoms with Crippen molar-refractivity contribution in [3.05, 3.63) is 12.2 Å². The van der Waals surface area contributed by atoms with Crippen LogP contribution in [0.3, 0.4) is 0 Å². The number of piperidine rings is 1. The van der Waals surface area contributed by atoms with E-state index in [0.29, 0.717) is 13.1 Å². The molecule has 0 bridgehead atoms. The number of hydrogen-bond acceptors (Lipinski definition) is 4. The fourth-order valence-electron chi connectivity index (χ4n) is 1.98. The number of hydrogen-bond donors (Lipinski definition) is 0. The fourth-order valence-corrected chi connectivity index (χ4v) is 2.08. The first kappa shape index (κ1) is 16.8. The number of esters is 1. The molecule has 1 saturated heterocycles. The van der Waals surface area contributed by atoms with Gasteiger partial charge in [-0.1, -0.05) is 17.7 Å². The standard InChI is InChI=1S/C14H22ClNO4/c1-14(2,3)20-13(18)16-8-4-5-11(9-16)6-7-12(17)19-10-15/h6-7,11H,4-5,8-10H2,1-3H3/b7-6+. The Kier molecular flexibility index (Phi) is 6.33. The van der Waals surface area contributed by atoms with Gasteiger partial charge in [-0.2, -0.15) is 0 Å². The summed E-state index contributed by atoms with van der Waals surface area (Å²) in [6.45, 7) is 6.77. The van der Waals surface area contributed by atoms with E-state index in [1.54, 1.807) is 11.0 Å². The quantitative estimate of drug-likeness (QED) is 0.457. The maximum atomic E-state index is 12.0. The van der Waals surface area contributed by atoms with Gasteiger partial charge in [0.15, 0.2) is 6.07 Å². The second-order valence-corrected chi connectivity index (χ2v) is 5.98. The Hall–Kier alpha value is -1.23. The van der Waals surface area contributed by atoms with Crippen LogP contribution >= 0.6 is 11.6 Å². The predicted octanol–water partition coefficient (Wildman–Crippen LogP) is 2.93. The number of likely N-dealkylation sites (tertiary alicyclic amines) is 1. The molecule has 6 heteroatoms. The maximum Gasteiger partial charge on any atom is 0.410 e. The summed E-state index contributed by atoms with van der Waals surface area (Å²) in [5.41, 5.74) is -0.496. The molecule has 1 heterocycles.